The number of anilines is 1. The van der Waals surface area contributed by atoms with E-state index in [1.54, 1.807) is 28.8 Å². The zero-order chi connectivity index (χ0) is 26.3. The quantitative estimate of drug-likeness (QED) is 0.414. The van der Waals surface area contributed by atoms with Crippen LogP contribution in [0.25, 0.3) is 16.9 Å². The third-order valence-corrected chi connectivity index (χ3v) is 7.90. The van der Waals surface area contributed by atoms with E-state index in [0.717, 1.165) is 0 Å². The molecular formula is C24H27FN6O4S. The van der Waals surface area contributed by atoms with E-state index in [2.05, 4.69) is 20.7 Å². The first-order chi connectivity index (χ1) is 16.9. The highest BCUT2D eigenvalue weighted by Crippen LogP contribution is 2.32. The third-order valence-electron chi connectivity index (χ3n) is 6.31. The van der Waals surface area contributed by atoms with Gasteiger partial charge in [-0.25, -0.2) is 17.3 Å². The van der Waals surface area contributed by atoms with Crippen molar-refractivity contribution in [3.63, 3.8) is 0 Å². The van der Waals surface area contributed by atoms with Crippen LogP contribution in [-0.4, -0.2) is 69.9 Å². The van der Waals surface area contributed by atoms with Gasteiger partial charge in [-0.15, -0.1) is 0 Å². The molecule has 190 valence electrons. The summed E-state index contributed by atoms with van der Waals surface area (Å²) in [4.78, 5) is 17.3. The lowest BCUT2D eigenvalue weighted by Crippen LogP contribution is -2.44. The van der Waals surface area contributed by atoms with Crippen molar-refractivity contribution >= 4 is 26.9 Å². The fourth-order valence-electron chi connectivity index (χ4n) is 3.93. The second-order valence-corrected chi connectivity index (χ2v) is 11.9. The number of nitriles is 1. The number of fused-ring (bicyclic) bond motifs is 1. The van der Waals surface area contributed by atoms with Crippen molar-refractivity contribution in [2.45, 2.75) is 49.8 Å². The molecule has 1 aliphatic rings. The van der Waals surface area contributed by atoms with E-state index in [-0.39, 0.29) is 11.6 Å². The fourth-order valence-corrected chi connectivity index (χ4v) is 5.09. The van der Waals surface area contributed by atoms with Gasteiger partial charge in [0, 0.05) is 18.5 Å². The maximum Gasteiger partial charge on any atom is 0.255 e. The molecule has 1 fully saturated rings. The first kappa shape index (κ1) is 25.5. The molecule has 36 heavy (non-hydrogen) atoms. The van der Waals surface area contributed by atoms with Crippen molar-refractivity contribution < 1.29 is 22.7 Å². The van der Waals surface area contributed by atoms with Gasteiger partial charge in [0.2, 0.25) is 0 Å². The number of nitrogens with one attached hydrogen (secondary N) is 2. The Kier molecular flexibility index (Phi) is 6.72. The minimum atomic E-state index is -3.16. The number of hydrogen-bond donors (Lipinski definition) is 3. The largest absolute Gasteiger partial charge is 0.387 e. The SMILES string of the molecule is CC(C)(O)[C@H](F)CNC(=O)c1cnc(-c2ccc3cc(C#N)cnn23)cc1N[C@H]1C[C@H](S(C)(=O)=O)C1. The summed E-state index contributed by atoms with van der Waals surface area (Å²) in [5.41, 5.74) is 1.18. The number of sulfone groups is 1. The molecule has 0 radical (unpaired) electrons. The zero-order valence-corrected chi connectivity index (χ0v) is 20.9. The lowest BCUT2D eigenvalue weighted by molar-refractivity contribution is -0.00177. The number of nitrogens with zero attached hydrogens (tertiary/aromatic N) is 4. The number of halogens is 1. The van der Waals surface area contributed by atoms with Crippen molar-refractivity contribution in [3.8, 4) is 17.5 Å². The van der Waals surface area contributed by atoms with Gasteiger partial charge in [-0.3, -0.25) is 9.78 Å². The predicted octanol–water partition coefficient (Wildman–Crippen LogP) is 2.09. The molecule has 0 spiro atoms. The fraction of sp³-hybridized carbons (Fsp3) is 0.417. The molecule has 3 heterocycles. The molecular weight excluding hydrogens is 487 g/mol. The van der Waals surface area contributed by atoms with Gasteiger partial charge in [0.1, 0.15) is 22.1 Å². The molecule has 12 heteroatoms. The molecule has 1 atom stereocenters. The Morgan fingerprint density at radius 2 is 2.06 bits per heavy atom. The standard InChI is InChI=1S/C24H27FN6O4S/c1-24(2,33)22(25)13-28-23(32)18-12-27-20(9-19(18)30-15-7-17(8-15)36(3,34)35)21-5-4-16-6-14(10-26)11-29-31(16)21/h4-6,9,11-12,15,17,22,33H,7-8,13H2,1-3H3,(H,27,30)(H,28,32)/t15-,17-,22-/m1/s1. The highest BCUT2D eigenvalue weighted by molar-refractivity contribution is 7.91. The molecule has 3 aromatic heterocycles. The number of aromatic nitrogens is 3. The Morgan fingerprint density at radius 1 is 1.33 bits per heavy atom. The molecule has 4 rings (SSSR count). The van der Waals surface area contributed by atoms with Crippen molar-refractivity contribution in [1.82, 2.24) is 19.9 Å². The maximum absolute atomic E-state index is 14.2. The summed E-state index contributed by atoms with van der Waals surface area (Å²) >= 11 is 0. The smallest absolute Gasteiger partial charge is 0.255 e. The monoisotopic (exact) mass is 514 g/mol. The lowest BCUT2D eigenvalue weighted by atomic mass is 9.91. The van der Waals surface area contributed by atoms with Crippen molar-refractivity contribution in [1.29, 1.82) is 5.26 Å². The van der Waals surface area contributed by atoms with E-state index in [4.69, 9.17) is 5.26 Å². The topological polar surface area (TPSA) is 149 Å². The van der Waals surface area contributed by atoms with Crippen LogP contribution >= 0.6 is 0 Å². The number of aliphatic hydroxyl groups is 1. The molecule has 0 aliphatic heterocycles. The van der Waals surface area contributed by atoms with Crippen LogP contribution in [0.1, 0.15) is 42.6 Å². The Balaban J connectivity index is 1.64. The number of rotatable bonds is 8. The molecule has 0 aromatic carbocycles. The van der Waals surface area contributed by atoms with Gasteiger partial charge in [0.15, 0.2) is 0 Å². The molecule has 0 unspecified atom stereocenters. The number of alkyl halides is 1. The lowest BCUT2D eigenvalue weighted by Gasteiger charge is -2.35. The first-order valence-corrected chi connectivity index (χ1v) is 13.3. The van der Waals surface area contributed by atoms with Crippen LogP contribution in [-0.2, 0) is 9.84 Å². The van der Waals surface area contributed by atoms with E-state index in [1.165, 1.54) is 32.5 Å². The number of carbonyl (C=O) groups excluding carboxylic acids is 1. The molecule has 3 aromatic rings. The van der Waals surface area contributed by atoms with Crippen LogP contribution in [0.5, 0.6) is 0 Å². The van der Waals surface area contributed by atoms with Gasteiger partial charge >= 0.3 is 0 Å². The normalized spacial score (nSPS) is 18.8. The maximum atomic E-state index is 14.2. The highest BCUT2D eigenvalue weighted by Gasteiger charge is 2.37. The molecule has 0 saturated heterocycles. The minimum absolute atomic E-state index is 0.157. The third kappa shape index (κ3) is 5.32. The summed E-state index contributed by atoms with van der Waals surface area (Å²) in [6, 6.07) is 8.80. The second-order valence-electron chi connectivity index (χ2n) is 9.62. The van der Waals surface area contributed by atoms with Gasteiger partial charge in [0.25, 0.3) is 5.91 Å². The van der Waals surface area contributed by atoms with Crippen LogP contribution < -0.4 is 10.6 Å². The summed E-state index contributed by atoms with van der Waals surface area (Å²) in [5.74, 6) is -0.584. The van der Waals surface area contributed by atoms with E-state index in [1.807, 2.05) is 6.07 Å². The predicted molar refractivity (Wildman–Crippen MR) is 132 cm³/mol. The Bertz CT molecular complexity index is 1450. The first-order valence-electron chi connectivity index (χ1n) is 11.3. The summed E-state index contributed by atoms with van der Waals surface area (Å²) in [5, 5.41) is 28.5. The number of pyridine rings is 1. The Morgan fingerprint density at radius 3 is 2.69 bits per heavy atom. The summed E-state index contributed by atoms with van der Waals surface area (Å²) in [7, 11) is -3.16. The summed E-state index contributed by atoms with van der Waals surface area (Å²) < 4.78 is 39.4. The van der Waals surface area contributed by atoms with Gasteiger partial charge in [-0.05, 0) is 51.0 Å². The van der Waals surface area contributed by atoms with Crippen LogP contribution in [0.4, 0.5) is 10.1 Å². The Hall–Kier alpha value is -3.56. The van der Waals surface area contributed by atoms with E-state index >= 15 is 0 Å². The van der Waals surface area contributed by atoms with E-state index < -0.39 is 39.3 Å². The molecule has 1 aliphatic carbocycles. The van der Waals surface area contributed by atoms with Crippen molar-refractivity contribution in [2.75, 3.05) is 18.1 Å². The van der Waals surface area contributed by atoms with Crippen LogP contribution in [0.15, 0.2) is 36.7 Å². The van der Waals surface area contributed by atoms with Gasteiger partial charge in [-0.1, -0.05) is 0 Å². The highest BCUT2D eigenvalue weighted by atomic mass is 32.2. The summed E-state index contributed by atoms with van der Waals surface area (Å²) in [6.45, 7) is 2.24. The van der Waals surface area contributed by atoms with E-state index in [9.17, 15) is 22.7 Å². The molecule has 10 nitrogen and oxygen atoms in total. The summed E-state index contributed by atoms with van der Waals surface area (Å²) in [6.07, 6.45) is 3.12. The van der Waals surface area contributed by atoms with Gasteiger partial charge in [-0.2, -0.15) is 10.4 Å². The molecule has 3 N–H and O–H groups in total. The number of carbonyl (C=O) groups is 1. The zero-order valence-electron chi connectivity index (χ0n) is 20.1. The van der Waals surface area contributed by atoms with Crippen molar-refractivity contribution in [3.05, 3.63) is 47.8 Å². The average molecular weight is 515 g/mol. The number of amides is 1. The average Bonchev–Trinajstić information content (AvgIpc) is 3.20. The van der Waals surface area contributed by atoms with Crippen LogP contribution in [0, 0.1) is 11.3 Å². The van der Waals surface area contributed by atoms with Gasteiger partial charge in [0.05, 0.1) is 57.3 Å². The molecule has 1 amide bonds. The molecule has 0 bridgehead atoms. The Labute approximate surface area is 208 Å². The minimum Gasteiger partial charge on any atom is -0.387 e. The van der Waals surface area contributed by atoms with Crippen molar-refractivity contribution in [2.24, 2.45) is 0 Å². The van der Waals surface area contributed by atoms with Gasteiger partial charge < -0.3 is 15.7 Å². The molecule has 1 saturated carbocycles. The van der Waals surface area contributed by atoms with E-state index in [0.29, 0.717) is 41.0 Å². The van der Waals surface area contributed by atoms with Crippen LogP contribution in [0.3, 0.4) is 0 Å². The number of hydrogen-bond acceptors (Lipinski definition) is 8. The van der Waals surface area contributed by atoms with Crippen LogP contribution in [0.2, 0.25) is 0 Å². The second kappa shape index (κ2) is 9.48.